The van der Waals surface area contributed by atoms with E-state index in [1.54, 1.807) is 11.1 Å². The maximum atomic E-state index is 8.92. The zero-order valence-electron chi connectivity index (χ0n) is 8.60. The molecule has 0 spiro atoms. The van der Waals surface area contributed by atoms with Crippen LogP contribution in [0.1, 0.15) is 0 Å². The molecule has 90 valence electrons. The number of aliphatic hydroxyl groups excluding tert-OH is 2. The predicted octanol–water partition coefficient (Wildman–Crippen LogP) is -0.684. The van der Waals surface area contributed by atoms with Crippen LogP contribution in [0.25, 0.3) is 0 Å². The van der Waals surface area contributed by atoms with Crippen LogP contribution < -0.4 is 16.2 Å². The molecule has 0 aliphatic carbocycles. The summed E-state index contributed by atoms with van der Waals surface area (Å²) in [7, 11) is 0. The quantitative estimate of drug-likeness (QED) is 0.406. The number of halogens is 1. The SMILES string of the molecule is NNc1ncc(Br)c(N(CCO)CCO)n1. The van der Waals surface area contributed by atoms with E-state index in [4.69, 9.17) is 16.1 Å². The first-order valence-electron chi connectivity index (χ1n) is 4.68. The minimum absolute atomic E-state index is 0.0260. The Balaban J connectivity index is 2.96. The average molecular weight is 292 g/mol. The predicted molar refractivity (Wildman–Crippen MR) is 63.9 cm³/mol. The lowest BCUT2D eigenvalue weighted by atomic mass is 10.4. The van der Waals surface area contributed by atoms with Gasteiger partial charge in [0.05, 0.1) is 17.7 Å². The zero-order valence-corrected chi connectivity index (χ0v) is 10.2. The molecule has 1 rings (SSSR count). The van der Waals surface area contributed by atoms with Crippen molar-refractivity contribution < 1.29 is 10.2 Å². The van der Waals surface area contributed by atoms with E-state index in [0.717, 1.165) is 0 Å². The molecule has 0 radical (unpaired) electrons. The van der Waals surface area contributed by atoms with Crippen LogP contribution in [0.15, 0.2) is 10.7 Å². The van der Waals surface area contributed by atoms with Crippen LogP contribution in [0.4, 0.5) is 11.8 Å². The normalized spacial score (nSPS) is 10.2. The molecule has 1 heterocycles. The number of hydrogen-bond acceptors (Lipinski definition) is 7. The number of nitrogens with two attached hydrogens (primary N) is 1. The van der Waals surface area contributed by atoms with Gasteiger partial charge in [-0.15, -0.1) is 0 Å². The average Bonchev–Trinajstić information content (AvgIpc) is 2.29. The van der Waals surface area contributed by atoms with E-state index in [1.807, 2.05) is 0 Å². The van der Waals surface area contributed by atoms with Crippen molar-refractivity contribution in [2.45, 2.75) is 0 Å². The maximum Gasteiger partial charge on any atom is 0.239 e. The first kappa shape index (κ1) is 13.1. The summed E-state index contributed by atoms with van der Waals surface area (Å²) in [5.74, 6) is 6.06. The highest BCUT2D eigenvalue weighted by atomic mass is 79.9. The van der Waals surface area contributed by atoms with Gasteiger partial charge in [0.15, 0.2) is 0 Å². The summed E-state index contributed by atoms with van der Waals surface area (Å²) < 4.78 is 0.674. The summed E-state index contributed by atoms with van der Waals surface area (Å²) in [5.41, 5.74) is 2.34. The summed E-state index contributed by atoms with van der Waals surface area (Å²) >= 11 is 3.30. The molecule has 0 fully saturated rings. The number of hydrogen-bond donors (Lipinski definition) is 4. The van der Waals surface area contributed by atoms with Crippen molar-refractivity contribution >= 4 is 27.7 Å². The van der Waals surface area contributed by atoms with Crippen molar-refractivity contribution in [2.75, 3.05) is 36.6 Å². The molecule has 7 nitrogen and oxygen atoms in total. The van der Waals surface area contributed by atoms with Gasteiger partial charge >= 0.3 is 0 Å². The van der Waals surface area contributed by atoms with Gasteiger partial charge in [-0.25, -0.2) is 10.8 Å². The molecule has 5 N–H and O–H groups in total. The van der Waals surface area contributed by atoms with Crippen molar-refractivity contribution in [1.82, 2.24) is 9.97 Å². The molecule has 1 aromatic heterocycles. The third kappa shape index (κ3) is 3.27. The third-order valence-electron chi connectivity index (χ3n) is 1.89. The van der Waals surface area contributed by atoms with Crippen LogP contribution in [0.3, 0.4) is 0 Å². The minimum atomic E-state index is -0.0260. The van der Waals surface area contributed by atoms with Gasteiger partial charge in [-0.05, 0) is 15.9 Å². The van der Waals surface area contributed by atoms with Crippen LogP contribution in [-0.4, -0.2) is 46.5 Å². The molecular formula is C8H14BrN5O2. The van der Waals surface area contributed by atoms with Crippen molar-refractivity contribution in [3.8, 4) is 0 Å². The number of anilines is 2. The summed E-state index contributed by atoms with van der Waals surface area (Å²) in [6.07, 6.45) is 1.55. The molecule has 0 amide bonds. The van der Waals surface area contributed by atoms with Gasteiger partial charge in [0.1, 0.15) is 5.82 Å². The Labute approximate surface area is 101 Å². The fourth-order valence-corrected chi connectivity index (χ4v) is 1.66. The summed E-state index contributed by atoms with van der Waals surface area (Å²) in [4.78, 5) is 9.78. The maximum absolute atomic E-state index is 8.92. The van der Waals surface area contributed by atoms with Crippen molar-refractivity contribution in [3.63, 3.8) is 0 Å². The first-order valence-corrected chi connectivity index (χ1v) is 5.48. The van der Waals surface area contributed by atoms with Gasteiger partial charge in [-0.3, -0.25) is 5.43 Å². The lowest BCUT2D eigenvalue weighted by molar-refractivity contribution is 0.280. The molecule has 0 atom stereocenters. The summed E-state index contributed by atoms with van der Waals surface area (Å²) in [6, 6.07) is 0. The number of aliphatic hydroxyl groups is 2. The first-order chi connectivity index (χ1) is 7.72. The van der Waals surface area contributed by atoms with Crippen LogP contribution in [0.5, 0.6) is 0 Å². The number of nitrogen functional groups attached to an aromatic ring is 1. The van der Waals surface area contributed by atoms with Crippen molar-refractivity contribution in [2.24, 2.45) is 5.84 Å². The van der Waals surface area contributed by atoms with E-state index < -0.39 is 0 Å². The van der Waals surface area contributed by atoms with Gasteiger partial charge in [-0.2, -0.15) is 4.98 Å². The van der Waals surface area contributed by atoms with Gasteiger partial charge in [-0.1, -0.05) is 0 Å². The van der Waals surface area contributed by atoms with Gasteiger partial charge in [0, 0.05) is 19.3 Å². The second-order valence-electron chi connectivity index (χ2n) is 2.94. The highest BCUT2D eigenvalue weighted by Gasteiger charge is 2.12. The Morgan fingerprint density at radius 3 is 2.50 bits per heavy atom. The molecule has 8 heteroatoms. The smallest absolute Gasteiger partial charge is 0.239 e. The Morgan fingerprint density at radius 1 is 1.38 bits per heavy atom. The number of aromatic nitrogens is 2. The Kier molecular flexibility index (Phi) is 5.39. The van der Waals surface area contributed by atoms with E-state index in [-0.39, 0.29) is 19.2 Å². The number of rotatable bonds is 6. The van der Waals surface area contributed by atoms with Crippen LogP contribution in [-0.2, 0) is 0 Å². The molecule has 0 aliphatic heterocycles. The monoisotopic (exact) mass is 291 g/mol. The molecule has 16 heavy (non-hydrogen) atoms. The van der Waals surface area contributed by atoms with E-state index in [2.05, 4.69) is 31.3 Å². The second-order valence-corrected chi connectivity index (χ2v) is 3.80. The standard InChI is InChI=1S/C8H14BrN5O2/c9-6-5-11-8(13-10)12-7(6)14(1-3-15)2-4-16/h5,15-16H,1-4,10H2,(H,11,12,13). The molecule has 0 bridgehead atoms. The largest absolute Gasteiger partial charge is 0.395 e. The lowest BCUT2D eigenvalue weighted by Gasteiger charge is -2.22. The third-order valence-corrected chi connectivity index (χ3v) is 2.45. The van der Waals surface area contributed by atoms with Gasteiger partial charge in [0.2, 0.25) is 5.95 Å². The topological polar surface area (TPSA) is 108 Å². The highest BCUT2D eigenvalue weighted by molar-refractivity contribution is 9.10. The summed E-state index contributed by atoms with van der Waals surface area (Å²) in [5, 5.41) is 17.8. The highest BCUT2D eigenvalue weighted by Crippen LogP contribution is 2.23. The van der Waals surface area contributed by atoms with Crippen molar-refractivity contribution in [3.05, 3.63) is 10.7 Å². The van der Waals surface area contributed by atoms with Crippen LogP contribution >= 0.6 is 15.9 Å². The second kappa shape index (κ2) is 6.59. The molecular weight excluding hydrogens is 278 g/mol. The van der Waals surface area contributed by atoms with Crippen LogP contribution in [0.2, 0.25) is 0 Å². The van der Waals surface area contributed by atoms with Crippen molar-refractivity contribution in [1.29, 1.82) is 0 Å². The zero-order chi connectivity index (χ0) is 12.0. The van der Waals surface area contributed by atoms with Crippen LogP contribution in [0, 0.1) is 0 Å². The van der Waals surface area contributed by atoms with E-state index in [0.29, 0.717) is 23.4 Å². The number of nitrogens with one attached hydrogen (secondary N) is 1. The fraction of sp³-hybridized carbons (Fsp3) is 0.500. The Bertz CT molecular complexity index is 332. The molecule has 0 aromatic carbocycles. The molecule has 0 unspecified atom stereocenters. The molecule has 1 aromatic rings. The van der Waals surface area contributed by atoms with Gasteiger partial charge in [0.25, 0.3) is 0 Å². The van der Waals surface area contributed by atoms with E-state index in [9.17, 15) is 0 Å². The lowest BCUT2D eigenvalue weighted by Crippen LogP contribution is -2.31. The number of nitrogens with zero attached hydrogens (tertiary/aromatic N) is 3. The molecule has 0 saturated carbocycles. The van der Waals surface area contributed by atoms with E-state index in [1.165, 1.54) is 0 Å². The number of hydrazine groups is 1. The van der Waals surface area contributed by atoms with E-state index >= 15 is 0 Å². The Hall–Kier alpha value is -0.960. The fourth-order valence-electron chi connectivity index (χ4n) is 1.21. The minimum Gasteiger partial charge on any atom is -0.395 e. The summed E-state index contributed by atoms with van der Waals surface area (Å²) in [6.45, 7) is 0.698. The Morgan fingerprint density at radius 2 is 2.00 bits per heavy atom. The molecule has 0 saturated heterocycles. The molecule has 0 aliphatic rings. The van der Waals surface area contributed by atoms with Gasteiger partial charge < -0.3 is 15.1 Å².